The molecule has 2 nitrogen and oxygen atoms in total. The fourth-order valence-electron chi connectivity index (χ4n) is 1.63. The van der Waals surface area contributed by atoms with E-state index >= 15 is 0 Å². The molecule has 1 aromatic rings. The highest BCUT2D eigenvalue weighted by molar-refractivity contribution is 9.10. The van der Waals surface area contributed by atoms with E-state index in [9.17, 15) is 0 Å². The van der Waals surface area contributed by atoms with E-state index in [4.69, 9.17) is 4.42 Å². The second kappa shape index (κ2) is 6.33. The molecule has 2 atom stereocenters. The maximum atomic E-state index is 5.60. The third-order valence-corrected chi connectivity index (χ3v) is 3.15. The van der Waals surface area contributed by atoms with Gasteiger partial charge in [0.15, 0.2) is 4.67 Å². The molecular weight excluding hydrogens is 254 g/mol. The van der Waals surface area contributed by atoms with Crippen molar-refractivity contribution in [1.82, 2.24) is 5.32 Å². The van der Waals surface area contributed by atoms with Crippen LogP contribution in [0.25, 0.3) is 0 Å². The number of hydrogen-bond donors (Lipinski definition) is 1. The molecule has 15 heavy (non-hydrogen) atoms. The number of hydrogen-bond acceptors (Lipinski definition) is 2. The number of rotatable bonds is 6. The van der Waals surface area contributed by atoms with Crippen molar-refractivity contribution < 1.29 is 4.42 Å². The lowest BCUT2D eigenvalue weighted by atomic mass is 9.98. The molecule has 1 aromatic heterocycles. The third kappa shape index (κ3) is 3.99. The van der Waals surface area contributed by atoms with Gasteiger partial charge >= 0.3 is 0 Å². The lowest BCUT2D eigenvalue weighted by molar-refractivity contribution is 0.346. The predicted molar refractivity (Wildman–Crippen MR) is 66.9 cm³/mol. The van der Waals surface area contributed by atoms with Crippen LogP contribution < -0.4 is 5.32 Å². The lowest BCUT2D eigenvalue weighted by Crippen LogP contribution is -2.22. The molecule has 3 heteroatoms. The number of halogens is 1. The maximum Gasteiger partial charge on any atom is 0.169 e. The molecule has 0 radical (unpaired) electrons. The molecule has 0 saturated carbocycles. The molecular formula is C12H20BrNO. The summed E-state index contributed by atoms with van der Waals surface area (Å²) in [6, 6.07) is 4.34. The predicted octanol–water partition coefficient (Wildman–Crippen LogP) is 4.13. The Labute approximate surface area is 101 Å². The van der Waals surface area contributed by atoms with Crippen molar-refractivity contribution in [2.24, 2.45) is 5.92 Å². The molecule has 86 valence electrons. The molecule has 2 unspecified atom stereocenters. The minimum Gasteiger partial charge on any atom is -0.453 e. The minimum atomic E-state index is 0.344. The SMILES string of the molecule is CCNC(CC(C)CC)c1ccc(Br)o1. The zero-order valence-electron chi connectivity index (χ0n) is 9.72. The van der Waals surface area contributed by atoms with Gasteiger partial charge in [-0.25, -0.2) is 0 Å². The van der Waals surface area contributed by atoms with E-state index in [-0.39, 0.29) is 0 Å². The van der Waals surface area contributed by atoms with Crippen molar-refractivity contribution >= 4 is 15.9 Å². The Bertz CT molecular complexity index is 285. The molecule has 0 saturated heterocycles. The normalized spacial score (nSPS) is 15.2. The zero-order chi connectivity index (χ0) is 11.3. The van der Waals surface area contributed by atoms with Gasteiger partial charge in [0.2, 0.25) is 0 Å². The molecule has 0 aliphatic heterocycles. The average Bonchev–Trinajstić information content (AvgIpc) is 2.64. The van der Waals surface area contributed by atoms with Crippen LogP contribution in [0.3, 0.4) is 0 Å². The quantitative estimate of drug-likeness (QED) is 0.843. The fraction of sp³-hybridized carbons (Fsp3) is 0.667. The van der Waals surface area contributed by atoms with Crippen molar-refractivity contribution in [3.8, 4) is 0 Å². The van der Waals surface area contributed by atoms with E-state index < -0.39 is 0 Å². The highest BCUT2D eigenvalue weighted by Gasteiger charge is 2.16. The first-order valence-electron chi connectivity index (χ1n) is 5.66. The van der Waals surface area contributed by atoms with Gasteiger partial charge < -0.3 is 9.73 Å². The van der Waals surface area contributed by atoms with Gasteiger partial charge in [-0.15, -0.1) is 0 Å². The first kappa shape index (κ1) is 12.8. The van der Waals surface area contributed by atoms with Crippen LogP contribution in [0.5, 0.6) is 0 Å². The lowest BCUT2D eigenvalue weighted by Gasteiger charge is -2.18. The largest absolute Gasteiger partial charge is 0.453 e. The van der Waals surface area contributed by atoms with Gasteiger partial charge in [-0.2, -0.15) is 0 Å². The molecule has 0 aromatic carbocycles. The minimum absolute atomic E-state index is 0.344. The summed E-state index contributed by atoms with van der Waals surface area (Å²) in [4.78, 5) is 0. The summed E-state index contributed by atoms with van der Waals surface area (Å²) >= 11 is 3.34. The van der Waals surface area contributed by atoms with Crippen molar-refractivity contribution in [1.29, 1.82) is 0 Å². The summed E-state index contributed by atoms with van der Waals surface area (Å²) in [6.07, 6.45) is 2.34. The summed E-state index contributed by atoms with van der Waals surface area (Å²) < 4.78 is 6.41. The van der Waals surface area contributed by atoms with Gasteiger partial charge in [0, 0.05) is 0 Å². The second-order valence-corrected chi connectivity index (χ2v) is 4.78. The molecule has 0 fully saturated rings. The zero-order valence-corrected chi connectivity index (χ0v) is 11.3. The Morgan fingerprint density at radius 3 is 2.60 bits per heavy atom. The summed E-state index contributed by atoms with van der Waals surface area (Å²) in [7, 11) is 0. The van der Waals surface area contributed by atoms with Gasteiger partial charge in [-0.3, -0.25) is 0 Å². The maximum absolute atomic E-state index is 5.60. The van der Waals surface area contributed by atoms with E-state index in [0.29, 0.717) is 6.04 Å². The molecule has 0 aliphatic rings. The molecule has 0 amide bonds. The van der Waals surface area contributed by atoms with Crippen molar-refractivity contribution in [2.45, 2.75) is 39.7 Å². The number of nitrogens with one attached hydrogen (secondary N) is 1. The molecule has 1 rings (SSSR count). The highest BCUT2D eigenvalue weighted by atomic mass is 79.9. The average molecular weight is 274 g/mol. The monoisotopic (exact) mass is 273 g/mol. The van der Waals surface area contributed by atoms with Crippen LogP contribution in [0.1, 0.15) is 45.4 Å². The Balaban J connectivity index is 2.65. The molecule has 1 N–H and O–H groups in total. The van der Waals surface area contributed by atoms with Crippen LogP contribution in [-0.2, 0) is 0 Å². The van der Waals surface area contributed by atoms with Crippen LogP contribution in [-0.4, -0.2) is 6.54 Å². The Kier molecular flexibility index (Phi) is 5.40. The standard InChI is InChI=1S/C12H20BrNO/c1-4-9(3)8-10(14-5-2)11-6-7-12(13)15-11/h6-7,9-10,14H,4-5,8H2,1-3H3. The molecule has 0 spiro atoms. The summed E-state index contributed by atoms with van der Waals surface area (Å²) in [5, 5.41) is 3.46. The van der Waals surface area contributed by atoms with Crippen molar-refractivity contribution in [3.63, 3.8) is 0 Å². The van der Waals surface area contributed by atoms with E-state index in [1.54, 1.807) is 0 Å². The van der Waals surface area contributed by atoms with Gasteiger partial charge in [0.25, 0.3) is 0 Å². The van der Waals surface area contributed by atoms with Gasteiger partial charge in [-0.05, 0) is 46.9 Å². The summed E-state index contributed by atoms with van der Waals surface area (Å²) in [5.41, 5.74) is 0. The summed E-state index contributed by atoms with van der Waals surface area (Å²) in [6.45, 7) is 7.61. The first-order valence-corrected chi connectivity index (χ1v) is 6.45. The van der Waals surface area contributed by atoms with Crippen LogP contribution in [0.4, 0.5) is 0 Å². The molecule has 0 aliphatic carbocycles. The van der Waals surface area contributed by atoms with Crippen molar-refractivity contribution in [2.75, 3.05) is 6.54 Å². The second-order valence-electron chi connectivity index (χ2n) is 4.00. The first-order chi connectivity index (χ1) is 7.17. The molecule has 1 heterocycles. The van der Waals surface area contributed by atoms with E-state index in [0.717, 1.165) is 29.3 Å². The van der Waals surface area contributed by atoms with Crippen molar-refractivity contribution in [3.05, 3.63) is 22.6 Å². The van der Waals surface area contributed by atoms with E-state index in [2.05, 4.69) is 42.0 Å². The third-order valence-electron chi connectivity index (χ3n) is 2.72. The topological polar surface area (TPSA) is 25.2 Å². The van der Waals surface area contributed by atoms with Crippen LogP contribution in [0.2, 0.25) is 0 Å². The highest BCUT2D eigenvalue weighted by Crippen LogP contribution is 2.26. The van der Waals surface area contributed by atoms with Gasteiger partial charge in [0.05, 0.1) is 6.04 Å². The van der Waals surface area contributed by atoms with E-state index in [1.165, 1.54) is 6.42 Å². The fourth-order valence-corrected chi connectivity index (χ4v) is 1.95. The Morgan fingerprint density at radius 2 is 2.13 bits per heavy atom. The summed E-state index contributed by atoms with van der Waals surface area (Å²) in [5.74, 6) is 1.75. The number of furan rings is 1. The van der Waals surface area contributed by atoms with Crippen LogP contribution in [0, 0.1) is 5.92 Å². The van der Waals surface area contributed by atoms with Crippen LogP contribution in [0.15, 0.2) is 21.2 Å². The van der Waals surface area contributed by atoms with Crippen LogP contribution >= 0.6 is 15.9 Å². The Hall–Kier alpha value is -0.280. The Morgan fingerprint density at radius 1 is 1.40 bits per heavy atom. The van der Waals surface area contributed by atoms with E-state index in [1.807, 2.05) is 12.1 Å². The van der Waals surface area contributed by atoms with Gasteiger partial charge in [-0.1, -0.05) is 27.2 Å². The smallest absolute Gasteiger partial charge is 0.169 e. The molecule has 0 bridgehead atoms. The van der Waals surface area contributed by atoms with Gasteiger partial charge in [0.1, 0.15) is 5.76 Å².